The van der Waals surface area contributed by atoms with Crippen molar-refractivity contribution in [1.82, 2.24) is 19.9 Å². The van der Waals surface area contributed by atoms with E-state index in [-0.39, 0.29) is 17.5 Å². The molecule has 3 rings (SSSR count). The van der Waals surface area contributed by atoms with Crippen LogP contribution >= 0.6 is 0 Å². The van der Waals surface area contributed by atoms with E-state index in [9.17, 15) is 4.79 Å². The van der Waals surface area contributed by atoms with Crippen LogP contribution in [0.15, 0.2) is 18.5 Å². The van der Waals surface area contributed by atoms with Gasteiger partial charge in [0, 0.05) is 26.9 Å². The number of fused-ring (bicyclic) bond motifs is 1. The number of carbonyl (C=O) groups excluding carboxylic acids is 1. The lowest BCUT2D eigenvalue weighted by Crippen LogP contribution is -2.42. The molecule has 2 heterocycles. The first kappa shape index (κ1) is 21.8. The standard InChI is InChI=1S/C21H35N5O2Si/c1-21(2)9-6-7-16(13-21)23-20(27)25-18-14-22-19-17(24-18)8-10-26(19)15-28-11-12-29(3,4)5/h8,10,14,16H,6-7,9,11-13,15H2,1-5H3,(H2,23,24,25,27). The molecule has 1 atom stereocenters. The van der Waals surface area contributed by atoms with Gasteiger partial charge in [-0.15, -0.1) is 0 Å². The fourth-order valence-corrected chi connectivity index (χ4v) is 4.58. The highest BCUT2D eigenvalue weighted by molar-refractivity contribution is 6.76. The highest BCUT2D eigenvalue weighted by Gasteiger charge is 2.28. The Labute approximate surface area is 174 Å². The van der Waals surface area contributed by atoms with Crippen molar-refractivity contribution in [3.05, 3.63) is 18.5 Å². The Kier molecular flexibility index (Phi) is 6.63. The lowest BCUT2D eigenvalue weighted by molar-refractivity contribution is 0.0899. The van der Waals surface area contributed by atoms with Gasteiger partial charge in [0.05, 0.1) is 6.20 Å². The number of anilines is 1. The molecular formula is C21H35N5O2Si. The van der Waals surface area contributed by atoms with E-state index >= 15 is 0 Å². The predicted octanol–water partition coefficient (Wildman–Crippen LogP) is 4.83. The highest BCUT2D eigenvalue weighted by atomic mass is 28.3. The van der Waals surface area contributed by atoms with Gasteiger partial charge in [-0.05, 0) is 36.8 Å². The topological polar surface area (TPSA) is 81.1 Å². The number of nitrogens with one attached hydrogen (secondary N) is 2. The second-order valence-corrected chi connectivity index (χ2v) is 15.8. The molecule has 1 aliphatic rings. The smallest absolute Gasteiger partial charge is 0.320 e. The maximum absolute atomic E-state index is 12.4. The molecule has 29 heavy (non-hydrogen) atoms. The van der Waals surface area contributed by atoms with Crippen LogP contribution in [-0.2, 0) is 11.5 Å². The zero-order valence-electron chi connectivity index (χ0n) is 18.4. The van der Waals surface area contributed by atoms with Crippen molar-refractivity contribution in [2.24, 2.45) is 5.41 Å². The van der Waals surface area contributed by atoms with Crippen LogP contribution in [-0.4, -0.2) is 41.3 Å². The van der Waals surface area contributed by atoms with E-state index in [1.165, 1.54) is 6.42 Å². The number of ether oxygens (including phenoxy) is 1. The summed E-state index contributed by atoms with van der Waals surface area (Å²) in [7, 11) is -1.09. The van der Waals surface area contributed by atoms with Crippen molar-refractivity contribution in [2.45, 2.75) is 78.0 Å². The third-order valence-corrected chi connectivity index (χ3v) is 7.18. The first-order chi connectivity index (χ1) is 13.6. The number of hydrogen-bond donors (Lipinski definition) is 2. The molecule has 1 saturated carbocycles. The fourth-order valence-electron chi connectivity index (χ4n) is 3.83. The number of carbonyl (C=O) groups is 1. The minimum atomic E-state index is -1.09. The quantitative estimate of drug-likeness (QED) is 0.499. The molecule has 0 aromatic carbocycles. The van der Waals surface area contributed by atoms with Crippen LogP contribution in [0.4, 0.5) is 10.6 Å². The number of rotatable bonds is 7. The van der Waals surface area contributed by atoms with Gasteiger partial charge in [-0.3, -0.25) is 5.32 Å². The van der Waals surface area contributed by atoms with Gasteiger partial charge in [-0.2, -0.15) is 0 Å². The maximum atomic E-state index is 12.4. The van der Waals surface area contributed by atoms with Crippen molar-refractivity contribution >= 4 is 31.1 Å². The second kappa shape index (κ2) is 8.83. The zero-order chi connectivity index (χ0) is 21.1. The van der Waals surface area contributed by atoms with Crippen molar-refractivity contribution in [2.75, 3.05) is 11.9 Å². The Morgan fingerprint density at radius 1 is 1.38 bits per heavy atom. The zero-order valence-corrected chi connectivity index (χ0v) is 19.4. The van der Waals surface area contributed by atoms with Crippen LogP contribution in [0.25, 0.3) is 11.2 Å². The minimum Gasteiger partial charge on any atom is -0.361 e. The highest BCUT2D eigenvalue weighted by Crippen LogP contribution is 2.35. The van der Waals surface area contributed by atoms with Crippen LogP contribution in [0, 0.1) is 5.41 Å². The lowest BCUT2D eigenvalue weighted by Gasteiger charge is -2.35. The van der Waals surface area contributed by atoms with Crippen molar-refractivity contribution < 1.29 is 9.53 Å². The molecule has 0 aliphatic heterocycles. The van der Waals surface area contributed by atoms with Gasteiger partial charge in [0.1, 0.15) is 12.2 Å². The molecule has 2 amide bonds. The first-order valence-corrected chi connectivity index (χ1v) is 14.3. The van der Waals surface area contributed by atoms with E-state index in [1.54, 1.807) is 6.20 Å². The molecule has 160 valence electrons. The van der Waals surface area contributed by atoms with Crippen LogP contribution in [0.3, 0.4) is 0 Å². The summed E-state index contributed by atoms with van der Waals surface area (Å²) in [5.41, 5.74) is 1.79. The normalized spacial score (nSPS) is 19.3. The molecule has 7 nitrogen and oxygen atoms in total. The molecule has 8 heteroatoms. The molecule has 2 N–H and O–H groups in total. The van der Waals surface area contributed by atoms with Gasteiger partial charge < -0.3 is 14.6 Å². The van der Waals surface area contributed by atoms with Crippen LogP contribution < -0.4 is 10.6 Å². The molecule has 0 bridgehead atoms. The van der Waals surface area contributed by atoms with E-state index in [1.807, 2.05) is 16.8 Å². The fraction of sp³-hybridized carbons (Fsp3) is 0.667. The molecule has 1 unspecified atom stereocenters. The maximum Gasteiger partial charge on any atom is 0.320 e. The number of amides is 2. The number of hydrogen-bond acceptors (Lipinski definition) is 4. The Hall–Kier alpha value is -1.93. The summed E-state index contributed by atoms with van der Waals surface area (Å²) in [4.78, 5) is 21.4. The largest absolute Gasteiger partial charge is 0.361 e. The third kappa shape index (κ3) is 6.53. The Balaban J connectivity index is 1.54. The summed E-state index contributed by atoms with van der Waals surface area (Å²) in [6, 6.07) is 3.04. The van der Waals surface area contributed by atoms with Gasteiger partial charge in [0.25, 0.3) is 0 Å². The average molecular weight is 418 g/mol. The second-order valence-electron chi connectivity index (χ2n) is 10.2. The SMILES string of the molecule is CC1(C)CCCC(NC(=O)Nc2cnc3c(ccn3COCC[Si](C)(C)C)n2)C1. The minimum absolute atomic E-state index is 0.213. The number of aromatic nitrogens is 3. The molecular weight excluding hydrogens is 382 g/mol. The Bertz CT molecular complexity index is 843. The van der Waals surface area contributed by atoms with Gasteiger partial charge in [-0.1, -0.05) is 39.9 Å². The van der Waals surface area contributed by atoms with Crippen molar-refractivity contribution in [3.8, 4) is 0 Å². The summed E-state index contributed by atoms with van der Waals surface area (Å²) in [5, 5.41) is 5.91. The Morgan fingerprint density at radius 3 is 2.90 bits per heavy atom. The van der Waals surface area contributed by atoms with E-state index in [0.717, 1.165) is 43.1 Å². The summed E-state index contributed by atoms with van der Waals surface area (Å²) < 4.78 is 7.75. The summed E-state index contributed by atoms with van der Waals surface area (Å²) in [6.07, 6.45) is 7.93. The summed E-state index contributed by atoms with van der Waals surface area (Å²) >= 11 is 0. The van der Waals surface area contributed by atoms with Gasteiger partial charge in [-0.25, -0.2) is 14.8 Å². The van der Waals surface area contributed by atoms with Gasteiger partial charge in [0.15, 0.2) is 11.5 Å². The molecule has 1 fully saturated rings. The predicted molar refractivity (Wildman–Crippen MR) is 120 cm³/mol. The van der Waals surface area contributed by atoms with Crippen LogP contribution in [0.5, 0.6) is 0 Å². The van der Waals surface area contributed by atoms with Crippen LogP contribution in [0.1, 0.15) is 39.5 Å². The van der Waals surface area contributed by atoms with E-state index in [0.29, 0.717) is 12.5 Å². The molecule has 0 saturated heterocycles. The molecule has 0 radical (unpaired) electrons. The lowest BCUT2D eigenvalue weighted by atomic mass is 9.75. The molecule has 1 aliphatic carbocycles. The Morgan fingerprint density at radius 2 is 2.17 bits per heavy atom. The molecule has 0 spiro atoms. The van der Waals surface area contributed by atoms with E-state index in [4.69, 9.17) is 4.74 Å². The third-order valence-electron chi connectivity index (χ3n) is 5.47. The van der Waals surface area contributed by atoms with E-state index in [2.05, 4.69) is 54.1 Å². The molecule has 2 aromatic rings. The first-order valence-electron chi connectivity index (χ1n) is 10.6. The van der Waals surface area contributed by atoms with Gasteiger partial charge >= 0.3 is 6.03 Å². The number of nitrogens with zero attached hydrogens (tertiary/aromatic N) is 3. The summed E-state index contributed by atoms with van der Waals surface area (Å²) in [6.45, 7) is 12.8. The van der Waals surface area contributed by atoms with Crippen LogP contribution in [0.2, 0.25) is 25.7 Å². The van der Waals surface area contributed by atoms with Crippen molar-refractivity contribution in [3.63, 3.8) is 0 Å². The van der Waals surface area contributed by atoms with Gasteiger partial charge in [0.2, 0.25) is 0 Å². The monoisotopic (exact) mass is 417 g/mol. The average Bonchev–Trinajstić information content (AvgIpc) is 2.99. The van der Waals surface area contributed by atoms with E-state index < -0.39 is 8.07 Å². The molecule has 2 aromatic heterocycles. The van der Waals surface area contributed by atoms with Crippen molar-refractivity contribution in [1.29, 1.82) is 0 Å². The number of urea groups is 1. The summed E-state index contributed by atoms with van der Waals surface area (Å²) in [5.74, 6) is 0.461.